The smallest absolute Gasteiger partial charge is 0.306 e. The van der Waals surface area contributed by atoms with Crippen LogP contribution >= 0.6 is 0 Å². The monoisotopic (exact) mass is 652 g/mol. The van der Waals surface area contributed by atoms with Crippen LogP contribution in [0.1, 0.15) is 221 Å². The van der Waals surface area contributed by atoms with Crippen LogP contribution in [0, 0.1) is 0 Å². The average Bonchev–Trinajstić information content (AvgIpc) is 3.05. The molecule has 0 amide bonds. The number of unbranched alkanes of at least 4 members (excludes halogenated alkanes) is 18. The van der Waals surface area contributed by atoms with Gasteiger partial charge in [0.25, 0.3) is 0 Å². The van der Waals surface area contributed by atoms with E-state index in [4.69, 9.17) is 9.47 Å². The summed E-state index contributed by atoms with van der Waals surface area (Å²) in [5.74, 6) is -0.00599. The number of carbonyl (C=O) groups is 2. The van der Waals surface area contributed by atoms with E-state index in [1.54, 1.807) is 0 Å². The van der Waals surface area contributed by atoms with Crippen molar-refractivity contribution in [2.45, 2.75) is 233 Å². The fraction of sp³-hybridized carbons (Fsp3) is 0.951. The van der Waals surface area contributed by atoms with Gasteiger partial charge in [0.1, 0.15) is 12.2 Å². The van der Waals surface area contributed by atoms with E-state index in [1.807, 2.05) is 0 Å². The Morgan fingerprint density at radius 3 is 1.07 bits per heavy atom. The van der Waals surface area contributed by atoms with Crippen molar-refractivity contribution in [1.29, 1.82) is 0 Å². The topological polar surface area (TPSA) is 55.8 Å². The summed E-state index contributed by atoms with van der Waals surface area (Å²) in [5.41, 5.74) is 0. The first kappa shape index (κ1) is 44.9. The molecule has 1 atom stereocenters. The largest absolute Gasteiger partial charge is 0.462 e. The molecule has 0 rings (SSSR count). The lowest BCUT2D eigenvalue weighted by Gasteiger charge is -2.20. The van der Waals surface area contributed by atoms with Crippen molar-refractivity contribution < 1.29 is 19.1 Å². The summed E-state index contributed by atoms with van der Waals surface area (Å²) in [6.07, 6.45) is 33.1. The second-order valence-electron chi connectivity index (χ2n) is 14.0. The molecule has 0 N–H and O–H groups in total. The van der Waals surface area contributed by atoms with Gasteiger partial charge < -0.3 is 14.4 Å². The summed E-state index contributed by atoms with van der Waals surface area (Å²) >= 11 is 0. The number of ether oxygens (including phenoxy) is 2. The Morgan fingerprint density at radius 2 is 0.717 bits per heavy atom. The molecule has 5 heteroatoms. The van der Waals surface area contributed by atoms with Crippen LogP contribution < -0.4 is 0 Å². The van der Waals surface area contributed by atoms with E-state index in [2.05, 4.69) is 39.5 Å². The van der Waals surface area contributed by atoms with E-state index < -0.39 is 0 Å². The standard InChI is InChI=1S/C41H81NO4/c1-6-11-14-17-21-26-32-38(33-27-22-18-15-12-7-2)45-40(43)35-29-24-19-23-28-34-39(31-25-20-16-13-8-3)46-41(44)36-30-37-42(9-4)10-5/h38-39H,6-37H2,1-5H3. The summed E-state index contributed by atoms with van der Waals surface area (Å²) in [5, 5.41) is 0. The van der Waals surface area contributed by atoms with E-state index in [-0.39, 0.29) is 24.1 Å². The summed E-state index contributed by atoms with van der Waals surface area (Å²) in [6, 6.07) is 0. The first-order valence-electron chi connectivity index (χ1n) is 20.6. The third-order valence-corrected chi connectivity index (χ3v) is 9.64. The molecule has 0 heterocycles. The van der Waals surface area contributed by atoms with Crippen LogP contribution in [-0.4, -0.2) is 48.7 Å². The highest BCUT2D eigenvalue weighted by Gasteiger charge is 2.16. The fourth-order valence-corrected chi connectivity index (χ4v) is 6.45. The Kier molecular flexibility index (Phi) is 34.4. The molecule has 0 aliphatic rings. The van der Waals surface area contributed by atoms with Crippen LogP contribution in [0.25, 0.3) is 0 Å². The molecule has 0 aromatic rings. The molecule has 0 saturated heterocycles. The molecular formula is C41H81NO4. The number of hydrogen-bond donors (Lipinski definition) is 0. The lowest BCUT2D eigenvalue weighted by atomic mass is 10.0. The van der Waals surface area contributed by atoms with Gasteiger partial charge in [0.05, 0.1) is 0 Å². The van der Waals surface area contributed by atoms with E-state index in [1.165, 1.54) is 103 Å². The van der Waals surface area contributed by atoms with Crippen molar-refractivity contribution in [3.05, 3.63) is 0 Å². The number of carbonyl (C=O) groups excluding carboxylic acids is 2. The number of hydrogen-bond acceptors (Lipinski definition) is 5. The summed E-state index contributed by atoms with van der Waals surface area (Å²) in [7, 11) is 0. The van der Waals surface area contributed by atoms with Crippen molar-refractivity contribution in [2.75, 3.05) is 19.6 Å². The molecular weight excluding hydrogens is 570 g/mol. The van der Waals surface area contributed by atoms with Gasteiger partial charge in [-0.05, 0) is 83.8 Å². The average molecular weight is 652 g/mol. The Morgan fingerprint density at radius 1 is 0.413 bits per heavy atom. The molecule has 0 bridgehead atoms. The zero-order chi connectivity index (χ0) is 33.9. The van der Waals surface area contributed by atoms with Gasteiger partial charge in [-0.15, -0.1) is 0 Å². The van der Waals surface area contributed by atoms with Gasteiger partial charge in [-0.2, -0.15) is 0 Å². The van der Waals surface area contributed by atoms with Gasteiger partial charge in [-0.1, -0.05) is 144 Å². The van der Waals surface area contributed by atoms with Crippen molar-refractivity contribution in [3.63, 3.8) is 0 Å². The van der Waals surface area contributed by atoms with Crippen LogP contribution in [-0.2, 0) is 19.1 Å². The molecule has 0 saturated carbocycles. The third kappa shape index (κ3) is 30.2. The Bertz CT molecular complexity index is 634. The Balaban J connectivity index is 4.39. The molecule has 0 fully saturated rings. The van der Waals surface area contributed by atoms with Crippen molar-refractivity contribution in [1.82, 2.24) is 4.90 Å². The Labute approximate surface area is 288 Å². The second-order valence-corrected chi connectivity index (χ2v) is 14.0. The van der Waals surface area contributed by atoms with Crippen LogP contribution in [0.2, 0.25) is 0 Å². The molecule has 0 aromatic heterocycles. The van der Waals surface area contributed by atoms with Gasteiger partial charge >= 0.3 is 11.9 Å². The molecule has 1 unspecified atom stereocenters. The Hall–Kier alpha value is -1.10. The summed E-state index contributed by atoms with van der Waals surface area (Å²) in [4.78, 5) is 27.7. The molecule has 0 aliphatic heterocycles. The molecule has 46 heavy (non-hydrogen) atoms. The van der Waals surface area contributed by atoms with Crippen LogP contribution in [0.3, 0.4) is 0 Å². The van der Waals surface area contributed by atoms with Gasteiger partial charge in [0.2, 0.25) is 0 Å². The maximum Gasteiger partial charge on any atom is 0.306 e. The van der Waals surface area contributed by atoms with Gasteiger partial charge in [-0.3, -0.25) is 9.59 Å². The number of rotatable bonds is 36. The number of esters is 2. The normalized spacial score (nSPS) is 12.2. The first-order valence-corrected chi connectivity index (χ1v) is 20.6. The van der Waals surface area contributed by atoms with Gasteiger partial charge in [0, 0.05) is 12.8 Å². The molecule has 0 aliphatic carbocycles. The van der Waals surface area contributed by atoms with Crippen molar-refractivity contribution in [3.8, 4) is 0 Å². The maximum atomic E-state index is 12.7. The zero-order valence-electron chi connectivity index (χ0n) is 31.9. The fourth-order valence-electron chi connectivity index (χ4n) is 6.45. The van der Waals surface area contributed by atoms with E-state index in [0.717, 1.165) is 90.3 Å². The highest BCUT2D eigenvalue weighted by Crippen LogP contribution is 2.20. The highest BCUT2D eigenvalue weighted by atomic mass is 16.5. The highest BCUT2D eigenvalue weighted by molar-refractivity contribution is 5.69. The van der Waals surface area contributed by atoms with Crippen LogP contribution in [0.5, 0.6) is 0 Å². The summed E-state index contributed by atoms with van der Waals surface area (Å²) < 4.78 is 12.0. The maximum absolute atomic E-state index is 12.7. The van der Waals surface area contributed by atoms with Crippen LogP contribution in [0.4, 0.5) is 0 Å². The molecule has 0 aromatic carbocycles. The second kappa shape index (κ2) is 35.2. The zero-order valence-corrected chi connectivity index (χ0v) is 31.9. The third-order valence-electron chi connectivity index (χ3n) is 9.64. The predicted octanol–water partition coefficient (Wildman–Crippen LogP) is 12.5. The van der Waals surface area contributed by atoms with E-state index in [9.17, 15) is 9.59 Å². The molecule has 0 radical (unpaired) electrons. The molecule has 274 valence electrons. The number of nitrogens with zero attached hydrogens (tertiary/aromatic N) is 1. The van der Waals surface area contributed by atoms with E-state index in [0.29, 0.717) is 12.8 Å². The lowest BCUT2D eigenvalue weighted by molar-refractivity contribution is -0.151. The lowest BCUT2D eigenvalue weighted by Crippen LogP contribution is -2.25. The molecule has 5 nitrogen and oxygen atoms in total. The SMILES string of the molecule is CCCCCCCCC(CCCCCCCC)OC(=O)CCCCCCCC(CCCCCCC)OC(=O)CCCN(CC)CC. The van der Waals surface area contributed by atoms with Gasteiger partial charge in [-0.25, -0.2) is 0 Å². The molecule has 0 spiro atoms. The summed E-state index contributed by atoms with van der Waals surface area (Å²) in [6.45, 7) is 14.2. The van der Waals surface area contributed by atoms with Crippen molar-refractivity contribution >= 4 is 11.9 Å². The quantitative estimate of drug-likeness (QED) is 0.0498. The predicted molar refractivity (Wildman–Crippen MR) is 198 cm³/mol. The van der Waals surface area contributed by atoms with E-state index >= 15 is 0 Å². The van der Waals surface area contributed by atoms with Gasteiger partial charge in [0.15, 0.2) is 0 Å². The minimum Gasteiger partial charge on any atom is -0.462 e. The minimum atomic E-state index is -0.0180. The van der Waals surface area contributed by atoms with Crippen LogP contribution in [0.15, 0.2) is 0 Å². The first-order chi connectivity index (χ1) is 22.5. The minimum absolute atomic E-state index is 0.0120. The van der Waals surface area contributed by atoms with Crippen molar-refractivity contribution in [2.24, 2.45) is 0 Å².